The minimum Gasteiger partial charge on any atom is -0.463 e. The van der Waals surface area contributed by atoms with Crippen LogP contribution < -0.4 is 5.32 Å². The van der Waals surface area contributed by atoms with Crippen LogP contribution in [0.5, 0.6) is 0 Å². The number of carbonyl (C=O) groups excluding carboxylic acids is 1. The van der Waals surface area contributed by atoms with E-state index < -0.39 is 11.8 Å². The van der Waals surface area contributed by atoms with E-state index in [9.17, 15) is 9.18 Å². The molecular weight excluding hydrogens is 239 g/mol. The van der Waals surface area contributed by atoms with Gasteiger partial charge >= 0.3 is 5.97 Å². The quantitative estimate of drug-likeness (QED) is 0.843. The lowest BCUT2D eigenvalue weighted by Gasteiger charge is -2.03. The molecule has 2 aromatic heterocycles. The summed E-state index contributed by atoms with van der Waals surface area (Å²) in [6.45, 7) is 0.322. The van der Waals surface area contributed by atoms with Crippen LogP contribution in [0.25, 0.3) is 0 Å². The lowest BCUT2D eigenvalue weighted by atomic mass is 10.4. The maximum Gasteiger partial charge on any atom is 0.373 e. The number of hydrogen-bond acceptors (Lipinski definition) is 5. The molecule has 0 unspecified atom stereocenters. The van der Waals surface area contributed by atoms with Crippen molar-refractivity contribution in [2.24, 2.45) is 0 Å². The topological polar surface area (TPSA) is 64.4 Å². The molecule has 0 aliphatic heterocycles. The van der Waals surface area contributed by atoms with Crippen LogP contribution in [0, 0.1) is 5.82 Å². The van der Waals surface area contributed by atoms with Gasteiger partial charge in [-0.3, -0.25) is 4.98 Å². The predicted molar refractivity (Wildman–Crippen MR) is 61.6 cm³/mol. The Hall–Kier alpha value is -2.37. The van der Waals surface area contributed by atoms with Gasteiger partial charge in [0.2, 0.25) is 5.76 Å². The Kier molecular flexibility index (Phi) is 3.57. The van der Waals surface area contributed by atoms with Crippen LogP contribution in [-0.2, 0) is 11.3 Å². The van der Waals surface area contributed by atoms with Crippen LogP contribution in [0.4, 0.5) is 10.1 Å². The fraction of sp³-hybridized carbons (Fsp3) is 0.167. The fourth-order valence-electron chi connectivity index (χ4n) is 1.38. The van der Waals surface area contributed by atoms with E-state index in [2.05, 4.69) is 15.0 Å². The molecule has 2 rings (SSSR count). The van der Waals surface area contributed by atoms with Gasteiger partial charge in [-0.2, -0.15) is 0 Å². The number of furan rings is 1. The molecule has 0 saturated heterocycles. The van der Waals surface area contributed by atoms with Gasteiger partial charge in [-0.15, -0.1) is 0 Å². The summed E-state index contributed by atoms with van der Waals surface area (Å²) in [4.78, 5) is 14.9. The molecule has 6 heteroatoms. The highest BCUT2D eigenvalue weighted by Crippen LogP contribution is 2.12. The molecule has 0 aliphatic rings. The number of hydrogen-bond donors (Lipinski definition) is 1. The maximum atomic E-state index is 12.9. The third-order valence-corrected chi connectivity index (χ3v) is 2.22. The molecule has 0 atom stereocenters. The first-order valence-electron chi connectivity index (χ1n) is 5.20. The van der Waals surface area contributed by atoms with Gasteiger partial charge in [0.25, 0.3) is 0 Å². The van der Waals surface area contributed by atoms with Gasteiger partial charge in [-0.25, -0.2) is 9.18 Å². The number of rotatable bonds is 4. The highest BCUT2D eigenvalue weighted by molar-refractivity contribution is 5.86. The lowest BCUT2D eigenvalue weighted by Crippen LogP contribution is -2.00. The first-order valence-corrected chi connectivity index (χ1v) is 5.20. The van der Waals surface area contributed by atoms with Crippen LogP contribution in [-0.4, -0.2) is 18.1 Å². The highest BCUT2D eigenvalue weighted by Gasteiger charge is 2.10. The second-order valence-electron chi connectivity index (χ2n) is 3.50. The van der Waals surface area contributed by atoms with E-state index in [1.165, 1.54) is 25.4 Å². The normalized spacial score (nSPS) is 10.1. The Labute approximate surface area is 103 Å². The van der Waals surface area contributed by atoms with Crippen LogP contribution >= 0.6 is 0 Å². The summed E-state index contributed by atoms with van der Waals surface area (Å²) in [6.07, 6.45) is 2.61. The van der Waals surface area contributed by atoms with Gasteiger partial charge < -0.3 is 14.5 Å². The Morgan fingerprint density at radius 2 is 2.33 bits per heavy atom. The highest BCUT2D eigenvalue weighted by atomic mass is 19.1. The molecule has 0 saturated carbocycles. The summed E-state index contributed by atoms with van der Waals surface area (Å²) >= 11 is 0. The minimum absolute atomic E-state index is 0.131. The Bertz CT molecular complexity index is 554. The lowest BCUT2D eigenvalue weighted by molar-refractivity contribution is 0.0563. The predicted octanol–water partition coefficient (Wildman–Crippen LogP) is 2.21. The number of ether oxygens (including phenoxy) is 1. The van der Waals surface area contributed by atoms with Gasteiger partial charge in [-0.05, 0) is 12.1 Å². The monoisotopic (exact) mass is 250 g/mol. The summed E-state index contributed by atoms with van der Waals surface area (Å²) in [5.74, 6) is -0.283. The van der Waals surface area contributed by atoms with E-state index in [-0.39, 0.29) is 5.76 Å². The van der Waals surface area contributed by atoms with Crippen molar-refractivity contribution in [3.63, 3.8) is 0 Å². The number of methoxy groups -OCH3 is 1. The number of nitrogens with one attached hydrogen (secondary N) is 1. The minimum atomic E-state index is -0.534. The summed E-state index contributed by atoms with van der Waals surface area (Å²) in [6, 6.07) is 4.48. The number of nitrogens with zero attached hydrogens (tertiary/aromatic N) is 1. The first-order chi connectivity index (χ1) is 8.69. The van der Waals surface area contributed by atoms with Gasteiger partial charge in [-0.1, -0.05) is 0 Å². The molecule has 0 fully saturated rings. The average molecular weight is 250 g/mol. The summed E-state index contributed by atoms with van der Waals surface area (Å²) in [5.41, 5.74) is 0.533. The average Bonchev–Trinajstić information content (AvgIpc) is 2.84. The second kappa shape index (κ2) is 5.31. The summed E-state index contributed by atoms with van der Waals surface area (Å²) < 4.78 is 22.6. The van der Waals surface area contributed by atoms with Gasteiger partial charge in [0, 0.05) is 6.07 Å². The molecule has 0 spiro atoms. The Morgan fingerprint density at radius 1 is 1.50 bits per heavy atom. The molecule has 5 nitrogen and oxygen atoms in total. The first kappa shape index (κ1) is 12.1. The molecule has 0 aromatic carbocycles. The number of pyridine rings is 1. The second-order valence-corrected chi connectivity index (χ2v) is 3.50. The van der Waals surface area contributed by atoms with Crippen LogP contribution in [0.3, 0.4) is 0 Å². The van der Waals surface area contributed by atoms with Crippen molar-refractivity contribution in [1.82, 2.24) is 4.98 Å². The number of halogens is 1. The van der Waals surface area contributed by atoms with Crippen molar-refractivity contribution in [3.05, 3.63) is 47.9 Å². The SMILES string of the molecule is COC(=O)c1ccc(CNc2cncc(F)c2)o1. The van der Waals surface area contributed by atoms with Gasteiger partial charge in [0.05, 0.1) is 31.7 Å². The number of anilines is 1. The maximum absolute atomic E-state index is 12.9. The van der Waals surface area contributed by atoms with E-state index in [4.69, 9.17) is 4.42 Å². The smallest absolute Gasteiger partial charge is 0.373 e. The zero-order chi connectivity index (χ0) is 13.0. The van der Waals surface area contributed by atoms with E-state index >= 15 is 0 Å². The molecule has 1 N–H and O–H groups in total. The van der Waals surface area contributed by atoms with Crippen LogP contribution in [0.2, 0.25) is 0 Å². The van der Waals surface area contributed by atoms with E-state index in [1.54, 1.807) is 6.07 Å². The van der Waals surface area contributed by atoms with Crippen LogP contribution in [0.1, 0.15) is 16.3 Å². The van der Waals surface area contributed by atoms with Gasteiger partial charge in [0.15, 0.2) is 0 Å². The summed E-state index contributed by atoms with van der Waals surface area (Å²) in [7, 11) is 1.28. The molecule has 2 heterocycles. The molecule has 0 radical (unpaired) electrons. The number of carbonyl (C=O) groups is 1. The van der Waals surface area contributed by atoms with Crippen molar-refractivity contribution < 1.29 is 18.3 Å². The Morgan fingerprint density at radius 3 is 3.06 bits per heavy atom. The fourth-order valence-corrected chi connectivity index (χ4v) is 1.38. The third kappa shape index (κ3) is 2.85. The molecular formula is C12H11FN2O3. The van der Waals surface area contributed by atoms with Crippen molar-refractivity contribution in [3.8, 4) is 0 Å². The molecule has 94 valence electrons. The largest absolute Gasteiger partial charge is 0.463 e. The van der Waals surface area contributed by atoms with Crippen molar-refractivity contribution in [1.29, 1.82) is 0 Å². The van der Waals surface area contributed by atoms with Crippen LogP contribution in [0.15, 0.2) is 35.0 Å². The Balaban J connectivity index is 1.98. The molecule has 2 aromatic rings. The number of esters is 1. The standard InChI is InChI=1S/C12H11FN2O3/c1-17-12(16)11-3-2-10(18-11)7-15-9-4-8(13)5-14-6-9/h2-6,15H,7H2,1H3. The van der Waals surface area contributed by atoms with E-state index in [0.717, 1.165) is 6.20 Å². The number of aromatic nitrogens is 1. The third-order valence-electron chi connectivity index (χ3n) is 2.22. The zero-order valence-corrected chi connectivity index (χ0v) is 9.64. The van der Waals surface area contributed by atoms with Crippen molar-refractivity contribution in [2.45, 2.75) is 6.54 Å². The van der Waals surface area contributed by atoms with Crippen molar-refractivity contribution in [2.75, 3.05) is 12.4 Å². The van der Waals surface area contributed by atoms with Crippen molar-refractivity contribution >= 4 is 11.7 Å². The molecule has 0 aliphatic carbocycles. The molecule has 0 amide bonds. The zero-order valence-electron chi connectivity index (χ0n) is 9.64. The van der Waals surface area contributed by atoms with E-state index in [0.29, 0.717) is 18.0 Å². The van der Waals surface area contributed by atoms with Gasteiger partial charge in [0.1, 0.15) is 11.6 Å². The molecule has 18 heavy (non-hydrogen) atoms. The summed E-state index contributed by atoms with van der Waals surface area (Å²) in [5, 5.41) is 2.92. The van der Waals surface area contributed by atoms with E-state index in [1.807, 2.05) is 0 Å². The molecule has 0 bridgehead atoms.